The van der Waals surface area contributed by atoms with Gasteiger partial charge in [0, 0.05) is 16.7 Å². The number of nitrogens with zero attached hydrogens (tertiary/aromatic N) is 2. The second-order valence-electron chi connectivity index (χ2n) is 7.36. The molecule has 8 nitrogen and oxygen atoms in total. The van der Waals surface area contributed by atoms with Crippen molar-refractivity contribution in [1.82, 2.24) is 20.9 Å². The Labute approximate surface area is 166 Å². The van der Waals surface area contributed by atoms with Crippen molar-refractivity contribution in [1.29, 1.82) is 0 Å². The third-order valence-electron chi connectivity index (χ3n) is 5.37. The minimum atomic E-state index is -0.921. The van der Waals surface area contributed by atoms with Crippen molar-refractivity contribution in [2.75, 3.05) is 0 Å². The van der Waals surface area contributed by atoms with Gasteiger partial charge in [-0.15, -0.1) is 0 Å². The van der Waals surface area contributed by atoms with Crippen LogP contribution in [0, 0.1) is 5.92 Å². The third-order valence-corrected chi connectivity index (χ3v) is 5.63. The minimum absolute atomic E-state index is 0.0382. The fourth-order valence-electron chi connectivity index (χ4n) is 3.61. The van der Waals surface area contributed by atoms with Gasteiger partial charge >= 0.3 is 6.03 Å². The first-order valence-electron chi connectivity index (χ1n) is 9.08. The zero-order valence-electron chi connectivity index (χ0n) is 15.2. The van der Waals surface area contributed by atoms with Gasteiger partial charge in [-0.1, -0.05) is 23.7 Å². The molecular formula is C19H19ClN4O4. The lowest BCUT2D eigenvalue weighted by atomic mass is 9.77. The number of rotatable bonds is 3. The predicted octanol–water partition coefficient (Wildman–Crippen LogP) is 3.14. The third kappa shape index (κ3) is 3.24. The molecule has 1 spiro atoms. The molecule has 2 fully saturated rings. The van der Waals surface area contributed by atoms with Crippen molar-refractivity contribution >= 4 is 29.4 Å². The molecule has 28 heavy (non-hydrogen) atoms. The van der Waals surface area contributed by atoms with Crippen LogP contribution in [0.3, 0.4) is 0 Å². The van der Waals surface area contributed by atoms with Crippen molar-refractivity contribution in [2.24, 2.45) is 5.92 Å². The normalized spacial score (nSPS) is 24.5. The highest BCUT2D eigenvalue weighted by molar-refractivity contribution is 6.30. The molecule has 4 amide bonds. The molecule has 0 atom stereocenters. The van der Waals surface area contributed by atoms with E-state index in [2.05, 4.69) is 22.8 Å². The summed E-state index contributed by atoms with van der Waals surface area (Å²) in [5, 5.41) is 7.80. The molecule has 2 aliphatic rings. The van der Waals surface area contributed by atoms with Gasteiger partial charge in [0.1, 0.15) is 5.54 Å². The van der Waals surface area contributed by atoms with E-state index in [4.69, 9.17) is 16.1 Å². The Morgan fingerprint density at radius 1 is 1.29 bits per heavy atom. The second-order valence-corrected chi connectivity index (χ2v) is 7.80. The Hall–Kier alpha value is -2.87. The van der Waals surface area contributed by atoms with E-state index in [1.54, 1.807) is 24.3 Å². The number of hydrogen-bond donors (Lipinski definition) is 2. The first kappa shape index (κ1) is 18.5. The summed E-state index contributed by atoms with van der Waals surface area (Å²) in [4.78, 5) is 37.6. The number of benzene rings is 1. The van der Waals surface area contributed by atoms with Crippen LogP contribution in [0.2, 0.25) is 5.02 Å². The average Bonchev–Trinajstić information content (AvgIpc) is 3.25. The summed E-state index contributed by atoms with van der Waals surface area (Å²) in [6.45, 7) is 2.12. The fraction of sp³-hybridized carbons (Fsp3) is 0.368. The second kappa shape index (κ2) is 6.94. The first-order chi connectivity index (χ1) is 13.4. The molecule has 2 heterocycles. The highest BCUT2D eigenvalue weighted by Crippen LogP contribution is 2.35. The molecule has 1 saturated heterocycles. The highest BCUT2D eigenvalue weighted by Gasteiger charge is 2.53. The van der Waals surface area contributed by atoms with Gasteiger partial charge in [0.25, 0.3) is 11.8 Å². The molecule has 146 valence electrons. The van der Waals surface area contributed by atoms with E-state index < -0.39 is 23.4 Å². The molecule has 0 unspecified atom stereocenters. The van der Waals surface area contributed by atoms with Crippen LogP contribution in [-0.2, 0) is 4.79 Å². The molecular weight excluding hydrogens is 384 g/mol. The lowest BCUT2D eigenvalue weighted by Gasteiger charge is -2.33. The Balaban J connectivity index is 1.47. The van der Waals surface area contributed by atoms with Gasteiger partial charge in [-0.2, -0.15) is 5.01 Å². The van der Waals surface area contributed by atoms with E-state index in [1.165, 1.54) is 6.07 Å². The molecule has 1 aromatic carbocycles. The molecule has 9 heteroatoms. The topological polar surface area (TPSA) is 105 Å². The minimum Gasteiger partial charge on any atom is -0.355 e. The Bertz CT molecular complexity index is 932. The molecule has 1 saturated carbocycles. The molecule has 1 aromatic heterocycles. The van der Waals surface area contributed by atoms with Gasteiger partial charge in [0.2, 0.25) is 0 Å². The zero-order chi connectivity index (χ0) is 19.9. The molecule has 4 rings (SSSR count). The van der Waals surface area contributed by atoms with Gasteiger partial charge < -0.3 is 9.84 Å². The number of imide groups is 1. The zero-order valence-corrected chi connectivity index (χ0v) is 16.0. The van der Waals surface area contributed by atoms with Crippen LogP contribution in [0.15, 0.2) is 34.9 Å². The summed E-state index contributed by atoms with van der Waals surface area (Å²) in [6.07, 6.45) is 2.83. The van der Waals surface area contributed by atoms with Crippen molar-refractivity contribution in [3.05, 3.63) is 41.0 Å². The van der Waals surface area contributed by atoms with Crippen LogP contribution < -0.4 is 10.7 Å². The van der Waals surface area contributed by atoms with Crippen LogP contribution in [0.25, 0.3) is 11.3 Å². The van der Waals surface area contributed by atoms with Crippen molar-refractivity contribution < 1.29 is 18.9 Å². The number of halogens is 1. The largest absolute Gasteiger partial charge is 0.355 e. The maximum Gasteiger partial charge on any atom is 0.344 e. The number of aromatic nitrogens is 1. The molecule has 1 aliphatic heterocycles. The number of hydrazine groups is 1. The Morgan fingerprint density at radius 2 is 1.96 bits per heavy atom. The monoisotopic (exact) mass is 402 g/mol. The molecule has 2 N–H and O–H groups in total. The number of urea groups is 1. The van der Waals surface area contributed by atoms with E-state index >= 15 is 0 Å². The van der Waals surface area contributed by atoms with Gasteiger partial charge in [0.05, 0.1) is 0 Å². The first-order valence-corrected chi connectivity index (χ1v) is 9.46. The predicted molar refractivity (Wildman–Crippen MR) is 100 cm³/mol. The number of amides is 4. The molecule has 0 bridgehead atoms. The maximum absolute atomic E-state index is 12.8. The van der Waals surface area contributed by atoms with Crippen LogP contribution in [-0.4, -0.2) is 33.5 Å². The van der Waals surface area contributed by atoms with Crippen LogP contribution >= 0.6 is 11.6 Å². The number of hydrogen-bond acceptors (Lipinski definition) is 5. The van der Waals surface area contributed by atoms with Crippen molar-refractivity contribution in [2.45, 2.75) is 38.1 Å². The quantitative estimate of drug-likeness (QED) is 0.767. The average molecular weight is 403 g/mol. The van der Waals surface area contributed by atoms with Crippen LogP contribution in [0.4, 0.5) is 4.79 Å². The lowest BCUT2D eigenvalue weighted by molar-refractivity contribution is -0.134. The Kier molecular flexibility index (Phi) is 4.58. The van der Waals surface area contributed by atoms with Crippen molar-refractivity contribution in [3.63, 3.8) is 0 Å². The smallest absolute Gasteiger partial charge is 0.344 e. The summed E-state index contributed by atoms with van der Waals surface area (Å²) in [7, 11) is 0. The summed E-state index contributed by atoms with van der Waals surface area (Å²) in [6, 6.07) is 7.66. The summed E-state index contributed by atoms with van der Waals surface area (Å²) in [5.74, 6) is -0.245. The fourth-order valence-corrected chi connectivity index (χ4v) is 3.73. The summed E-state index contributed by atoms with van der Waals surface area (Å²) < 4.78 is 5.19. The van der Waals surface area contributed by atoms with E-state index in [9.17, 15) is 14.4 Å². The van der Waals surface area contributed by atoms with Crippen LogP contribution in [0.5, 0.6) is 0 Å². The van der Waals surface area contributed by atoms with Gasteiger partial charge in [-0.05, 0) is 55.9 Å². The van der Waals surface area contributed by atoms with E-state index in [-0.39, 0.29) is 5.69 Å². The lowest BCUT2D eigenvalue weighted by Crippen LogP contribution is -2.51. The number of carbonyl (C=O) groups is 3. The van der Waals surface area contributed by atoms with E-state index in [0.29, 0.717) is 35.1 Å². The molecule has 1 aliphatic carbocycles. The van der Waals surface area contributed by atoms with Gasteiger partial charge in [-0.3, -0.25) is 15.0 Å². The molecule has 0 radical (unpaired) electrons. The maximum atomic E-state index is 12.8. The summed E-state index contributed by atoms with van der Waals surface area (Å²) in [5.41, 5.74) is 2.08. The SMILES string of the molecule is CC1CCC2(CC1)NC(=O)N(NC(=O)c1cc(-c3ccc(Cl)cc3)on1)C2=O. The van der Waals surface area contributed by atoms with Crippen LogP contribution in [0.1, 0.15) is 43.1 Å². The number of carbonyl (C=O) groups excluding carboxylic acids is 3. The van der Waals surface area contributed by atoms with Gasteiger partial charge in [-0.25, -0.2) is 4.79 Å². The molecule has 2 aromatic rings. The Morgan fingerprint density at radius 3 is 2.64 bits per heavy atom. The highest BCUT2D eigenvalue weighted by atomic mass is 35.5. The number of nitrogens with one attached hydrogen (secondary N) is 2. The standard InChI is InChI=1S/C19H19ClN4O4/c1-11-6-8-19(9-7-11)17(26)24(18(27)21-19)22-16(25)14-10-15(28-23-14)12-2-4-13(20)5-3-12/h2-5,10-11H,6-9H2,1H3,(H,21,27)(H,22,25). The van der Waals surface area contributed by atoms with Crippen molar-refractivity contribution in [3.8, 4) is 11.3 Å². The van der Waals surface area contributed by atoms with Gasteiger partial charge in [0.15, 0.2) is 11.5 Å². The van der Waals surface area contributed by atoms with E-state index in [0.717, 1.165) is 17.9 Å². The van der Waals surface area contributed by atoms with E-state index in [1.807, 2.05) is 0 Å². The summed E-state index contributed by atoms with van der Waals surface area (Å²) >= 11 is 5.86.